The molecule has 0 saturated carbocycles. The maximum absolute atomic E-state index is 11.7. The van der Waals surface area contributed by atoms with Gasteiger partial charge in [-0.1, -0.05) is 42.4 Å². The first-order chi connectivity index (χ1) is 11.1. The van der Waals surface area contributed by atoms with Crippen molar-refractivity contribution in [2.75, 3.05) is 12.3 Å². The van der Waals surface area contributed by atoms with Crippen LogP contribution in [-0.2, 0) is 22.1 Å². The summed E-state index contributed by atoms with van der Waals surface area (Å²) in [6, 6.07) is 10.3. The van der Waals surface area contributed by atoms with Gasteiger partial charge in [-0.3, -0.25) is 4.90 Å². The van der Waals surface area contributed by atoms with Gasteiger partial charge in [-0.05, 0) is 24.9 Å². The predicted octanol–water partition coefficient (Wildman–Crippen LogP) is 2.34. The molecular formula is C16H21N3O3S. The quantitative estimate of drug-likeness (QED) is 0.806. The molecule has 0 unspecified atom stereocenters. The molecule has 124 valence electrons. The van der Waals surface area contributed by atoms with Gasteiger partial charge in [0.25, 0.3) is 0 Å². The minimum absolute atomic E-state index is 0.0702. The monoisotopic (exact) mass is 335 g/mol. The van der Waals surface area contributed by atoms with Gasteiger partial charge < -0.3 is 4.52 Å². The molecule has 2 aromatic rings. The number of sulfone groups is 1. The molecule has 2 heterocycles. The second-order valence-electron chi connectivity index (χ2n) is 5.84. The summed E-state index contributed by atoms with van der Waals surface area (Å²) in [5, 5.41) is 3.84. The minimum Gasteiger partial charge on any atom is -0.338 e. The zero-order valence-corrected chi connectivity index (χ0v) is 14.0. The lowest BCUT2D eigenvalue weighted by atomic mass is 10.2. The van der Waals surface area contributed by atoms with Crippen molar-refractivity contribution in [2.45, 2.75) is 38.1 Å². The summed E-state index contributed by atoms with van der Waals surface area (Å²) in [6.07, 6.45) is 2.03. The van der Waals surface area contributed by atoms with E-state index in [1.165, 1.54) is 5.56 Å². The van der Waals surface area contributed by atoms with E-state index < -0.39 is 9.84 Å². The van der Waals surface area contributed by atoms with Crippen LogP contribution in [0.2, 0.25) is 0 Å². The molecule has 0 aliphatic carbocycles. The highest BCUT2D eigenvalue weighted by Crippen LogP contribution is 2.32. The van der Waals surface area contributed by atoms with Crippen LogP contribution < -0.4 is 0 Å². The fraction of sp³-hybridized carbons (Fsp3) is 0.500. The Hall–Kier alpha value is -1.73. The highest BCUT2D eigenvalue weighted by molar-refractivity contribution is 7.90. The van der Waals surface area contributed by atoms with Crippen LogP contribution in [0.4, 0.5) is 0 Å². The van der Waals surface area contributed by atoms with Crippen molar-refractivity contribution in [3.05, 3.63) is 47.6 Å². The molecule has 0 N–H and O–H groups in total. The fourth-order valence-corrected chi connectivity index (χ4v) is 3.59. The Labute approximate surface area is 136 Å². The Bertz CT molecular complexity index is 743. The largest absolute Gasteiger partial charge is 0.338 e. The van der Waals surface area contributed by atoms with E-state index in [0.717, 1.165) is 25.9 Å². The second kappa shape index (κ2) is 6.80. The van der Waals surface area contributed by atoms with E-state index in [1.807, 2.05) is 18.2 Å². The number of likely N-dealkylation sites (tertiary alicyclic amines) is 1. The topological polar surface area (TPSA) is 76.3 Å². The first kappa shape index (κ1) is 16.1. The van der Waals surface area contributed by atoms with Crippen LogP contribution in [-0.4, -0.2) is 35.8 Å². The summed E-state index contributed by atoms with van der Waals surface area (Å²) in [4.78, 5) is 6.63. The number of hydrogen-bond acceptors (Lipinski definition) is 6. The van der Waals surface area contributed by atoms with Gasteiger partial charge in [-0.15, -0.1) is 0 Å². The van der Waals surface area contributed by atoms with E-state index in [1.54, 1.807) is 6.92 Å². The molecule has 0 bridgehead atoms. The maximum Gasteiger partial charge on any atom is 0.244 e. The molecule has 7 heteroatoms. The van der Waals surface area contributed by atoms with Gasteiger partial charge >= 0.3 is 0 Å². The second-order valence-corrected chi connectivity index (χ2v) is 8.19. The summed E-state index contributed by atoms with van der Waals surface area (Å²) in [7, 11) is -3.14. The van der Waals surface area contributed by atoms with E-state index in [0.29, 0.717) is 5.89 Å². The summed E-state index contributed by atoms with van der Waals surface area (Å²) < 4.78 is 28.7. The van der Waals surface area contributed by atoms with Crippen molar-refractivity contribution in [1.29, 1.82) is 0 Å². The van der Waals surface area contributed by atoms with Gasteiger partial charge in [-0.2, -0.15) is 4.98 Å². The van der Waals surface area contributed by atoms with E-state index >= 15 is 0 Å². The van der Waals surface area contributed by atoms with E-state index in [-0.39, 0.29) is 23.4 Å². The highest BCUT2D eigenvalue weighted by atomic mass is 32.2. The Morgan fingerprint density at radius 3 is 2.83 bits per heavy atom. The van der Waals surface area contributed by atoms with Crippen LogP contribution in [0.25, 0.3) is 0 Å². The lowest BCUT2D eigenvalue weighted by molar-refractivity contribution is 0.201. The van der Waals surface area contributed by atoms with E-state index in [4.69, 9.17) is 4.52 Å². The number of nitrogens with zero attached hydrogens (tertiary/aromatic N) is 3. The molecule has 0 amide bonds. The average molecular weight is 335 g/mol. The molecule has 0 radical (unpaired) electrons. The standard InChI is InChI=1S/C16H21N3O3S/c1-2-23(20,21)12-15-17-16(22-18-15)14-9-6-10-19(14)11-13-7-4-3-5-8-13/h3-5,7-8,14H,2,6,9-12H2,1H3/t14-/m0/s1. The van der Waals surface area contributed by atoms with Crippen molar-refractivity contribution >= 4 is 9.84 Å². The molecule has 1 fully saturated rings. The highest BCUT2D eigenvalue weighted by Gasteiger charge is 2.31. The van der Waals surface area contributed by atoms with Crippen molar-refractivity contribution < 1.29 is 12.9 Å². The Balaban J connectivity index is 1.72. The summed E-state index contributed by atoms with van der Waals surface area (Å²) in [5.74, 6) is 0.715. The van der Waals surface area contributed by atoms with Crippen molar-refractivity contribution in [2.24, 2.45) is 0 Å². The zero-order valence-electron chi connectivity index (χ0n) is 13.2. The summed E-state index contributed by atoms with van der Waals surface area (Å²) in [6.45, 7) is 3.43. The third-order valence-corrected chi connectivity index (χ3v) is 5.73. The number of rotatable bonds is 6. The van der Waals surface area contributed by atoms with Gasteiger partial charge in [0, 0.05) is 12.3 Å². The Morgan fingerprint density at radius 2 is 2.09 bits per heavy atom. The van der Waals surface area contributed by atoms with Crippen molar-refractivity contribution in [3.8, 4) is 0 Å². The number of hydrogen-bond donors (Lipinski definition) is 0. The molecule has 1 aliphatic heterocycles. The van der Waals surface area contributed by atoms with Crippen LogP contribution >= 0.6 is 0 Å². The van der Waals surface area contributed by atoms with E-state index in [2.05, 4.69) is 27.2 Å². The molecule has 6 nitrogen and oxygen atoms in total. The summed E-state index contributed by atoms with van der Waals surface area (Å²) >= 11 is 0. The van der Waals surface area contributed by atoms with Crippen molar-refractivity contribution in [1.82, 2.24) is 15.0 Å². The molecular weight excluding hydrogens is 314 g/mol. The minimum atomic E-state index is -3.14. The SMILES string of the molecule is CCS(=O)(=O)Cc1noc([C@@H]2CCCN2Cc2ccccc2)n1. The lowest BCUT2D eigenvalue weighted by Gasteiger charge is -2.21. The third-order valence-electron chi connectivity index (χ3n) is 4.15. The first-order valence-corrected chi connectivity index (χ1v) is 9.70. The molecule has 3 rings (SSSR count). The Kier molecular flexibility index (Phi) is 4.77. The van der Waals surface area contributed by atoms with Gasteiger partial charge in [0.15, 0.2) is 15.7 Å². The normalized spacial score (nSPS) is 19.3. The number of benzene rings is 1. The van der Waals surface area contributed by atoms with Gasteiger partial charge in [0.2, 0.25) is 5.89 Å². The van der Waals surface area contributed by atoms with Crippen LogP contribution in [0, 0.1) is 0 Å². The number of aromatic nitrogens is 2. The van der Waals surface area contributed by atoms with Gasteiger partial charge in [0.1, 0.15) is 5.75 Å². The molecule has 23 heavy (non-hydrogen) atoms. The average Bonchev–Trinajstić information content (AvgIpc) is 3.17. The van der Waals surface area contributed by atoms with Gasteiger partial charge in [0.05, 0.1) is 6.04 Å². The van der Waals surface area contributed by atoms with Crippen LogP contribution in [0.15, 0.2) is 34.9 Å². The van der Waals surface area contributed by atoms with E-state index in [9.17, 15) is 8.42 Å². The van der Waals surface area contributed by atoms with Crippen LogP contribution in [0.5, 0.6) is 0 Å². The predicted molar refractivity (Wildman–Crippen MR) is 86.3 cm³/mol. The molecule has 1 aromatic carbocycles. The first-order valence-electron chi connectivity index (χ1n) is 7.88. The molecule has 1 aliphatic rings. The fourth-order valence-electron chi connectivity index (χ4n) is 2.87. The van der Waals surface area contributed by atoms with Crippen LogP contribution in [0.1, 0.15) is 43.1 Å². The van der Waals surface area contributed by atoms with Crippen molar-refractivity contribution in [3.63, 3.8) is 0 Å². The lowest BCUT2D eigenvalue weighted by Crippen LogP contribution is -2.23. The summed E-state index contributed by atoms with van der Waals surface area (Å²) in [5.41, 5.74) is 1.24. The Morgan fingerprint density at radius 1 is 1.30 bits per heavy atom. The molecule has 1 aromatic heterocycles. The molecule has 1 atom stereocenters. The smallest absolute Gasteiger partial charge is 0.244 e. The molecule has 1 saturated heterocycles. The third kappa shape index (κ3) is 3.97. The molecule has 0 spiro atoms. The maximum atomic E-state index is 11.7. The van der Waals surface area contributed by atoms with Crippen LogP contribution in [0.3, 0.4) is 0 Å². The zero-order chi connectivity index (χ0) is 16.3. The van der Waals surface area contributed by atoms with Gasteiger partial charge in [-0.25, -0.2) is 8.42 Å².